The summed E-state index contributed by atoms with van der Waals surface area (Å²) in [5, 5.41) is 14.4. The average Bonchev–Trinajstić information content (AvgIpc) is 3.15. The lowest BCUT2D eigenvalue weighted by Gasteiger charge is -2.20. The van der Waals surface area contributed by atoms with E-state index in [9.17, 15) is 4.79 Å². The number of amides is 2. The molecule has 0 unspecified atom stereocenters. The number of urea groups is 1. The summed E-state index contributed by atoms with van der Waals surface area (Å²) in [6.45, 7) is 4.50. The van der Waals surface area contributed by atoms with E-state index in [2.05, 4.69) is 16.9 Å². The van der Waals surface area contributed by atoms with Crippen molar-refractivity contribution in [2.75, 3.05) is 19.7 Å². The number of thiazole rings is 1. The van der Waals surface area contributed by atoms with Crippen LogP contribution in [0.25, 0.3) is 10.8 Å². The Morgan fingerprint density at radius 1 is 1.62 bits per heavy atom. The number of aromatic nitrogens is 1. The Bertz CT molecular complexity index is 580. The standard InChI is InChI=1S/C14H17N3O3S/c1-2-5-17(6-7-18)14(19)15-9-11-10-21-13(16-11)12-4-3-8-20-12/h2-4,8,10,18H,1,5-7,9H2,(H,15,19). The largest absolute Gasteiger partial charge is 0.462 e. The Balaban J connectivity index is 1.90. The number of rotatable bonds is 7. The van der Waals surface area contributed by atoms with Crippen molar-refractivity contribution < 1.29 is 14.3 Å². The Morgan fingerprint density at radius 2 is 2.48 bits per heavy atom. The first-order valence-corrected chi connectivity index (χ1v) is 7.35. The van der Waals surface area contributed by atoms with E-state index >= 15 is 0 Å². The zero-order chi connectivity index (χ0) is 15.1. The van der Waals surface area contributed by atoms with Gasteiger partial charge in [0.25, 0.3) is 0 Å². The van der Waals surface area contributed by atoms with Crippen molar-refractivity contribution in [2.45, 2.75) is 6.54 Å². The van der Waals surface area contributed by atoms with Gasteiger partial charge in [-0.3, -0.25) is 0 Å². The van der Waals surface area contributed by atoms with E-state index in [1.165, 1.54) is 16.2 Å². The first kappa shape index (κ1) is 15.3. The van der Waals surface area contributed by atoms with Crippen molar-refractivity contribution in [3.8, 4) is 10.8 Å². The second-order valence-electron chi connectivity index (χ2n) is 4.24. The number of furan rings is 1. The van der Waals surface area contributed by atoms with E-state index < -0.39 is 0 Å². The molecule has 0 bridgehead atoms. The lowest BCUT2D eigenvalue weighted by Crippen LogP contribution is -2.41. The van der Waals surface area contributed by atoms with Gasteiger partial charge in [-0.2, -0.15) is 0 Å². The van der Waals surface area contributed by atoms with Crippen LogP contribution in [0, 0.1) is 0 Å². The molecule has 2 aromatic rings. The van der Waals surface area contributed by atoms with Crippen molar-refractivity contribution in [1.82, 2.24) is 15.2 Å². The number of aliphatic hydroxyl groups is 1. The van der Waals surface area contributed by atoms with Crippen LogP contribution in [0.3, 0.4) is 0 Å². The number of carbonyl (C=O) groups excluding carboxylic acids is 1. The quantitative estimate of drug-likeness (QED) is 0.768. The molecule has 0 saturated heterocycles. The Morgan fingerprint density at radius 3 is 3.14 bits per heavy atom. The van der Waals surface area contributed by atoms with Gasteiger partial charge in [-0.1, -0.05) is 6.08 Å². The summed E-state index contributed by atoms with van der Waals surface area (Å²) in [6.07, 6.45) is 3.22. The second-order valence-corrected chi connectivity index (χ2v) is 5.10. The van der Waals surface area contributed by atoms with Crippen molar-refractivity contribution in [3.63, 3.8) is 0 Å². The highest BCUT2D eigenvalue weighted by atomic mass is 32.1. The molecule has 0 saturated carbocycles. The molecule has 0 radical (unpaired) electrons. The molecule has 0 aromatic carbocycles. The molecule has 112 valence electrons. The lowest BCUT2D eigenvalue weighted by atomic mass is 10.4. The van der Waals surface area contributed by atoms with Gasteiger partial charge in [0.2, 0.25) is 0 Å². The van der Waals surface area contributed by atoms with Gasteiger partial charge in [-0.25, -0.2) is 9.78 Å². The van der Waals surface area contributed by atoms with Gasteiger partial charge in [0, 0.05) is 18.5 Å². The number of hydrogen-bond acceptors (Lipinski definition) is 5. The summed E-state index contributed by atoms with van der Waals surface area (Å²) >= 11 is 1.46. The first-order chi connectivity index (χ1) is 10.2. The minimum absolute atomic E-state index is 0.0827. The minimum atomic E-state index is -0.253. The van der Waals surface area contributed by atoms with E-state index in [0.29, 0.717) is 18.8 Å². The van der Waals surface area contributed by atoms with Crippen LogP contribution in [0.4, 0.5) is 4.79 Å². The number of carbonyl (C=O) groups is 1. The molecule has 0 aliphatic heterocycles. The molecular formula is C14H17N3O3S. The fourth-order valence-corrected chi connectivity index (χ4v) is 2.52. The van der Waals surface area contributed by atoms with Gasteiger partial charge in [0.15, 0.2) is 10.8 Å². The summed E-state index contributed by atoms with van der Waals surface area (Å²) < 4.78 is 5.27. The number of aliphatic hydroxyl groups excluding tert-OH is 1. The molecule has 6 nitrogen and oxygen atoms in total. The van der Waals surface area contributed by atoms with Crippen molar-refractivity contribution in [3.05, 3.63) is 42.1 Å². The number of nitrogens with one attached hydrogen (secondary N) is 1. The van der Waals surface area contributed by atoms with Crippen LogP contribution < -0.4 is 5.32 Å². The third kappa shape index (κ3) is 4.17. The van der Waals surface area contributed by atoms with Crippen LogP contribution in [0.2, 0.25) is 0 Å². The fourth-order valence-electron chi connectivity index (χ4n) is 1.73. The van der Waals surface area contributed by atoms with E-state index in [4.69, 9.17) is 9.52 Å². The van der Waals surface area contributed by atoms with Crippen molar-refractivity contribution in [2.24, 2.45) is 0 Å². The van der Waals surface area contributed by atoms with Crippen LogP contribution in [0.1, 0.15) is 5.69 Å². The smallest absolute Gasteiger partial charge is 0.318 e. The third-order valence-corrected chi connectivity index (χ3v) is 3.62. The molecule has 2 amide bonds. The third-order valence-electron chi connectivity index (χ3n) is 2.71. The first-order valence-electron chi connectivity index (χ1n) is 6.47. The highest BCUT2D eigenvalue weighted by molar-refractivity contribution is 7.13. The summed E-state index contributed by atoms with van der Waals surface area (Å²) in [5.74, 6) is 0.714. The highest BCUT2D eigenvalue weighted by Gasteiger charge is 2.12. The average molecular weight is 307 g/mol. The van der Waals surface area contributed by atoms with Crippen LogP contribution in [-0.2, 0) is 6.54 Å². The Labute approximate surface area is 126 Å². The fraction of sp³-hybridized carbons (Fsp3) is 0.286. The molecule has 0 fully saturated rings. The van der Waals surface area contributed by atoms with E-state index in [1.807, 2.05) is 11.4 Å². The maximum absolute atomic E-state index is 11.9. The minimum Gasteiger partial charge on any atom is -0.462 e. The van der Waals surface area contributed by atoms with Crippen LogP contribution in [-0.4, -0.2) is 40.7 Å². The maximum atomic E-state index is 11.9. The van der Waals surface area contributed by atoms with Crippen LogP contribution in [0.5, 0.6) is 0 Å². The molecule has 2 rings (SSSR count). The molecule has 2 aromatic heterocycles. The molecule has 21 heavy (non-hydrogen) atoms. The van der Waals surface area contributed by atoms with Gasteiger partial charge in [0.05, 0.1) is 25.1 Å². The molecular weight excluding hydrogens is 290 g/mol. The molecule has 0 aliphatic rings. The summed E-state index contributed by atoms with van der Waals surface area (Å²) in [7, 11) is 0. The summed E-state index contributed by atoms with van der Waals surface area (Å²) in [4.78, 5) is 17.8. The summed E-state index contributed by atoms with van der Waals surface area (Å²) in [6, 6.07) is 3.39. The molecule has 0 aliphatic carbocycles. The van der Waals surface area contributed by atoms with Gasteiger partial charge in [-0.05, 0) is 12.1 Å². The number of nitrogens with zero attached hydrogens (tertiary/aromatic N) is 2. The molecule has 7 heteroatoms. The normalized spacial score (nSPS) is 10.3. The van der Waals surface area contributed by atoms with Gasteiger partial charge in [-0.15, -0.1) is 17.9 Å². The van der Waals surface area contributed by atoms with Crippen LogP contribution in [0.15, 0.2) is 40.8 Å². The molecule has 2 heterocycles. The van der Waals surface area contributed by atoms with Gasteiger partial charge < -0.3 is 19.7 Å². The van der Waals surface area contributed by atoms with E-state index in [1.54, 1.807) is 18.4 Å². The van der Waals surface area contributed by atoms with Gasteiger partial charge in [0.1, 0.15) is 0 Å². The summed E-state index contributed by atoms with van der Waals surface area (Å²) in [5.41, 5.74) is 0.766. The zero-order valence-corrected chi connectivity index (χ0v) is 12.3. The van der Waals surface area contributed by atoms with E-state index in [0.717, 1.165) is 10.7 Å². The maximum Gasteiger partial charge on any atom is 0.318 e. The molecule has 0 atom stereocenters. The van der Waals surface area contributed by atoms with Gasteiger partial charge >= 0.3 is 6.03 Å². The Kier molecular flexibility index (Phi) is 5.53. The number of hydrogen-bond donors (Lipinski definition) is 2. The van der Waals surface area contributed by atoms with Crippen molar-refractivity contribution in [1.29, 1.82) is 0 Å². The molecule has 0 spiro atoms. The predicted octanol–water partition coefficient (Wildman–Crippen LogP) is 2.09. The van der Waals surface area contributed by atoms with E-state index in [-0.39, 0.29) is 19.2 Å². The van der Waals surface area contributed by atoms with Crippen molar-refractivity contribution >= 4 is 17.4 Å². The Hall–Kier alpha value is -2.12. The molecule has 2 N–H and O–H groups in total. The second kappa shape index (κ2) is 7.61. The topological polar surface area (TPSA) is 78.6 Å². The zero-order valence-electron chi connectivity index (χ0n) is 11.5. The lowest BCUT2D eigenvalue weighted by molar-refractivity contribution is 0.183. The monoisotopic (exact) mass is 307 g/mol. The van der Waals surface area contributed by atoms with Crippen LogP contribution >= 0.6 is 11.3 Å². The SMILES string of the molecule is C=CCN(CCO)C(=O)NCc1csc(-c2ccco2)n1. The highest BCUT2D eigenvalue weighted by Crippen LogP contribution is 2.23. The predicted molar refractivity (Wildman–Crippen MR) is 80.9 cm³/mol.